The first-order valence-corrected chi connectivity index (χ1v) is 9.59. The van der Waals surface area contributed by atoms with Crippen LogP contribution < -0.4 is 4.90 Å². The maximum atomic E-state index is 13.1. The van der Waals surface area contributed by atoms with E-state index in [9.17, 15) is 18.0 Å². The van der Waals surface area contributed by atoms with Gasteiger partial charge in [-0.3, -0.25) is 9.36 Å². The first-order chi connectivity index (χ1) is 14.4. The first-order valence-electron chi connectivity index (χ1n) is 9.59. The summed E-state index contributed by atoms with van der Waals surface area (Å²) in [5, 5.41) is 0. The number of amides is 1. The van der Waals surface area contributed by atoms with E-state index in [1.807, 2.05) is 35.2 Å². The van der Waals surface area contributed by atoms with E-state index in [1.54, 1.807) is 22.0 Å². The Kier molecular flexibility index (Phi) is 5.43. The van der Waals surface area contributed by atoms with Gasteiger partial charge < -0.3 is 9.80 Å². The summed E-state index contributed by atoms with van der Waals surface area (Å²) < 4.78 is 40.0. The van der Waals surface area contributed by atoms with Gasteiger partial charge in [-0.25, -0.2) is 9.97 Å². The molecule has 0 atom stereocenters. The third-order valence-corrected chi connectivity index (χ3v) is 5.07. The second-order valence-electron chi connectivity index (χ2n) is 7.02. The molecule has 0 aliphatic carbocycles. The largest absolute Gasteiger partial charge is 0.417 e. The number of halogens is 3. The maximum Gasteiger partial charge on any atom is 0.417 e. The summed E-state index contributed by atoms with van der Waals surface area (Å²) in [5.41, 5.74) is 0.554. The van der Waals surface area contributed by atoms with E-state index >= 15 is 0 Å². The van der Waals surface area contributed by atoms with Gasteiger partial charge in [-0.2, -0.15) is 13.2 Å². The smallest absolute Gasteiger partial charge is 0.355 e. The number of hydrogen-bond acceptors (Lipinski definition) is 4. The summed E-state index contributed by atoms with van der Waals surface area (Å²) >= 11 is 0. The normalized spacial score (nSPS) is 15.2. The summed E-state index contributed by atoms with van der Waals surface area (Å²) in [4.78, 5) is 24.9. The predicted octanol–water partition coefficient (Wildman–Crippen LogP) is 3.64. The molecule has 4 rings (SSSR count). The molecule has 3 aromatic rings. The molecule has 1 fully saturated rings. The Balaban J connectivity index is 1.46. The van der Waals surface area contributed by atoms with Crippen molar-refractivity contribution in [2.75, 3.05) is 31.1 Å². The number of benzene rings is 1. The molecular weight excluding hydrogens is 395 g/mol. The zero-order valence-corrected chi connectivity index (χ0v) is 16.1. The lowest BCUT2D eigenvalue weighted by atomic mass is 10.2. The highest BCUT2D eigenvalue weighted by Gasteiger charge is 2.31. The van der Waals surface area contributed by atoms with Crippen molar-refractivity contribution in [3.05, 3.63) is 72.4 Å². The van der Waals surface area contributed by atoms with Crippen LogP contribution in [0.2, 0.25) is 0 Å². The number of aromatic nitrogens is 3. The lowest BCUT2D eigenvalue weighted by molar-refractivity contribution is -0.137. The minimum Gasteiger partial charge on any atom is -0.355 e. The minimum absolute atomic E-state index is 0.126. The Hall–Kier alpha value is -3.36. The van der Waals surface area contributed by atoms with Crippen molar-refractivity contribution < 1.29 is 18.0 Å². The van der Waals surface area contributed by atoms with Gasteiger partial charge in [-0.05, 0) is 30.7 Å². The number of anilines is 1. The Morgan fingerprint density at radius 2 is 1.73 bits per heavy atom. The molecule has 0 spiro atoms. The molecule has 1 amide bonds. The van der Waals surface area contributed by atoms with Crippen molar-refractivity contribution >= 4 is 11.7 Å². The lowest BCUT2D eigenvalue weighted by Crippen LogP contribution is -2.36. The van der Waals surface area contributed by atoms with Crippen LogP contribution in [0, 0.1) is 0 Å². The molecule has 1 saturated heterocycles. The molecule has 0 unspecified atom stereocenters. The van der Waals surface area contributed by atoms with E-state index in [1.165, 1.54) is 6.07 Å². The Bertz CT molecular complexity index is 1000. The minimum atomic E-state index is -4.41. The van der Waals surface area contributed by atoms with Gasteiger partial charge >= 0.3 is 6.18 Å². The zero-order chi connectivity index (χ0) is 21.1. The third kappa shape index (κ3) is 4.14. The molecule has 6 nitrogen and oxygen atoms in total. The number of carbonyl (C=O) groups excluding carboxylic acids is 1. The first kappa shape index (κ1) is 19.9. The van der Waals surface area contributed by atoms with E-state index in [0.717, 1.165) is 18.0 Å². The van der Waals surface area contributed by atoms with E-state index < -0.39 is 11.7 Å². The van der Waals surface area contributed by atoms with Gasteiger partial charge in [0.25, 0.3) is 5.91 Å². The van der Waals surface area contributed by atoms with Crippen LogP contribution in [0.1, 0.15) is 22.5 Å². The van der Waals surface area contributed by atoms with E-state index in [4.69, 9.17) is 0 Å². The molecule has 0 radical (unpaired) electrons. The number of alkyl halides is 3. The quantitative estimate of drug-likeness (QED) is 0.656. The van der Waals surface area contributed by atoms with Crippen molar-refractivity contribution in [1.29, 1.82) is 0 Å². The molecule has 1 aliphatic rings. The molecule has 9 heteroatoms. The highest BCUT2D eigenvalue weighted by atomic mass is 19.4. The summed E-state index contributed by atoms with van der Waals surface area (Å²) in [6.07, 6.45) is 0.291. The van der Waals surface area contributed by atoms with Crippen molar-refractivity contribution in [2.24, 2.45) is 0 Å². The number of rotatable bonds is 3. The second-order valence-corrected chi connectivity index (χ2v) is 7.02. The maximum absolute atomic E-state index is 13.1. The van der Waals surface area contributed by atoms with Crippen LogP contribution >= 0.6 is 0 Å². The number of imidazole rings is 1. The van der Waals surface area contributed by atoms with Gasteiger partial charge in [0.15, 0.2) is 0 Å². The van der Waals surface area contributed by atoms with Crippen LogP contribution in [0.15, 0.2) is 61.2 Å². The summed E-state index contributed by atoms with van der Waals surface area (Å²) in [7, 11) is 0. The number of pyridine rings is 1. The molecule has 1 aromatic carbocycles. The molecule has 3 heterocycles. The Morgan fingerprint density at radius 1 is 0.933 bits per heavy atom. The van der Waals surface area contributed by atoms with Crippen LogP contribution in [0.4, 0.5) is 19.0 Å². The van der Waals surface area contributed by atoms with Crippen LogP contribution in [-0.4, -0.2) is 51.5 Å². The van der Waals surface area contributed by atoms with Crippen LogP contribution in [0.5, 0.6) is 0 Å². The zero-order valence-electron chi connectivity index (χ0n) is 16.1. The molecule has 0 N–H and O–H groups in total. The van der Waals surface area contributed by atoms with Gasteiger partial charge in [0.2, 0.25) is 0 Å². The fraction of sp³-hybridized carbons (Fsp3) is 0.286. The van der Waals surface area contributed by atoms with Crippen LogP contribution in [0.25, 0.3) is 5.69 Å². The van der Waals surface area contributed by atoms with E-state index in [-0.39, 0.29) is 5.91 Å². The van der Waals surface area contributed by atoms with Gasteiger partial charge in [0.05, 0.1) is 18.1 Å². The number of para-hydroxylation sites is 1. The standard InChI is InChI=1S/C21H20F3N5O/c22-21(23,24)16-7-8-19(26-13-16)27-9-4-10-28(12-11-27)20(30)18-14-25-15-29(18)17-5-2-1-3-6-17/h1-3,5-8,13-15H,4,9-12H2. The number of nitrogens with zero attached hydrogens (tertiary/aromatic N) is 5. The average molecular weight is 415 g/mol. The summed E-state index contributed by atoms with van der Waals surface area (Å²) in [5.74, 6) is 0.352. The third-order valence-electron chi connectivity index (χ3n) is 5.07. The topological polar surface area (TPSA) is 54.3 Å². The highest BCUT2D eigenvalue weighted by molar-refractivity contribution is 5.93. The summed E-state index contributed by atoms with van der Waals surface area (Å²) in [6, 6.07) is 11.9. The van der Waals surface area contributed by atoms with Crippen LogP contribution in [-0.2, 0) is 6.18 Å². The van der Waals surface area contributed by atoms with Crippen molar-refractivity contribution in [3.8, 4) is 5.69 Å². The number of hydrogen-bond donors (Lipinski definition) is 0. The molecule has 0 bridgehead atoms. The fourth-order valence-corrected chi connectivity index (χ4v) is 3.50. The Labute approximate surface area is 171 Å². The molecule has 156 valence electrons. The summed E-state index contributed by atoms with van der Waals surface area (Å²) in [6.45, 7) is 2.10. The fourth-order valence-electron chi connectivity index (χ4n) is 3.50. The van der Waals surface area contributed by atoms with E-state index in [0.29, 0.717) is 44.1 Å². The van der Waals surface area contributed by atoms with Gasteiger partial charge in [-0.1, -0.05) is 18.2 Å². The monoisotopic (exact) mass is 415 g/mol. The molecule has 0 saturated carbocycles. The van der Waals surface area contributed by atoms with Crippen LogP contribution in [0.3, 0.4) is 0 Å². The molecule has 30 heavy (non-hydrogen) atoms. The molecule has 2 aromatic heterocycles. The Morgan fingerprint density at radius 3 is 2.43 bits per heavy atom. The van der Waals surface area contributed by atoms with Gasteiger partial charge in [0, 0.05) is 38.1 Å². The van der Waals surface area contributed by atoms with Crippen molar-refractivity contribution in [2.45, 2.75) is 12.6 Å². The van der Waals surface area contributed by atoms with Crippen molar-refractivity contribution in [3.63, 3.8) is 0 Å². The molecule has 1 aliphatic heterocycles. The van der Waals surface area contributed by atoms with Gasteiger partial charge in [0.1, 0.15) is 11.5 Å². The second kappa shape index (κ2) is 8.17. The lowest BCUT2D eigenvalue weighted by Gasteiger charge is -2.23. The highest BCUT2D eigenvalue weighted by Crippen LogP contribution is 2.29. The number of carbonyl (C=O) groups is 1. The molecular formula is C21H20F3N5O. The van der Waals surface area contributed by atoms with E-state index in [2.05, 4.69) is 9.97 Å². The predicted molar refractivity (Wildman–Crippen MR) is 106 cm³/mol. The SMILES string of the molecule is O=C(c1cncn1-c1ccccc1)N1CCCN(c2ccc(C(F)(F)F)cn2)CC1. The van der Waals surface area contributed by atoms with Crippen molar-refractivity contribution in [1.82, 2.24) is 19.4 Å². The van der Waals surface area contributed by atoms with Gasteiger partial charge in [-0.15, -0.1) is 0 Å². The average Bonchev–Trinajstić information content (AvgIpc) is 3.11.